The van der Waals surface area contributed by atoms with Gasteiger partial charge >= 0.3 is 5.97 Å². The third-order valence-electron chi connectivity index (χ3n) is 5.63. The van der Waals surface area contributed by atoms with Gasteiger partial charge in [-0.25, -0.2) is 13.2 Å². The molecule has 10 nitrogen and oxygen atoms in total. The van der Waals surface area contributed by atoms with Crippen LogP contribution in [0.15, 0.2) is 47.4 Å². The maximum atomic E-state index is 13.0. The molecule has 2 aromatic rings. The lowest BCUT2D eigenvalue weighted by atomic mass is 10.0. The number of sulfonamides is 1. The molecule has 1 saturated heterocycles. The number of benzene rings is 2. The number of fused-ring (bicyclic) bond motifs is 1. The quantitative estimate of drug-likeness (QED) is 0.580. The van der Waals surface area contributed by atoms with E-state index in [1.807, 2.05) is 24.3 Å². The molecule has 0 radical (unpaired) electrons. The van der Waals surface area contributed by atoms with E-state index in [9.17, 15) is 18.0 Å². The van der Waals surface area contributed by atoms with Crippen molar-refractivity contribution in [2.75, 3.05) is 46.6 Å². The first kappa shape index (κ1) is 24.0. The predicted octanol–water partition coefficient (Wildman–Crippen LogP) is 1.51. The van der Waals surface area contributed by atoms with Crippen LogP contribution < -0.4 is 14.8 Å². The second kappa shape index (κ2) is 10.4. The van der Waals surface area contributed by atoms with Gasteiger partial charge in [-0.2, -0.15) is 4.31 Å². The van der Waals surface area contributed by atoms with Gasteiger partial charge in [-0.3, -0.25) is 4.79 Å². The molecule has 2 heterocycles. The molecule has 2 aromatic carbocycles. The topological polar surface area (TPSA) is 120 Å². The Morgan fingerprint density at radius 3 is 2.65 bits per heavy atom. The fourth-order valence-corrected chi connectivity index (χ4v) is 5.31. The van der Waals surface area contributed by atoms with E-state index in [-0.39, 0.29) is 35.3 Å². The van der Waals surface area contributed by atoms with Crippen LogP contribution in [0.2, 0.25) is 0 Å². The van der Waals surface area contributed by atoms with Gasteiger partial charge in [0.1, 0.15) is 17.1 Å². The second-order valence-corrected chi connectivity index (χ2v) is 9.69. The van der Waals surface area contributed by atoms with Crippen LogP contribution in [0.5, 0.6) is 11.5 Å². The molecule has 11 heteroatoms. The van der Waals surface area contributed by atoms with Crippen LogP contribution in [-0.2, 0) is 24.3 Å². The lowest BCUT2D eigenvalue weighted by Crippen LogP contribution is -2.40. The summed E-state index contributed by atoms with van der Waals surface area (Å²) in [6, 6.07) is 11.1. The van der Waals surface area contributed by atoms with E-state index in [4.69, 9.17) is 18.9 Å². The zero-order valence-electron chi connectivity index (χ0n) is 18.7. The summed E-state index contributed by atoms with van der Waals surface area (Å²) in [4.78, 5) is 25.1. The van der Waals surface area contributed by atoms with Crippen molar-refractivity contribution in [3.63, 3.8) is 0 Å². The van der Waals surface area contributed by atoms with Gasteiger partial charge < -0.3 is 24.3 Å². The first-order valence-corrected chi connectivity index (χ1v) is 12.3. The van der Waals surface area contributed by atoms with Crippen molar-refractivity contribution < 1.29 is 37.0 Å². The normalized spacial score (nSPS) is 18.3. The van der Waals surface area contributed by atoms with E-state index >= 15 is 0 Å². The maximum absolute atomic E-state index is 13.0. The Balaban J connectivity index is 1.43. The molecule has 1 unspecified atom stereocenters. The van der Waals surface area contributed by atoms with Crippen LogP contribution in [0.25, 0.3) is 0 Å². The molecule has 0 aromatic heterocycles. The maximum Gasteiger partial charge on any atom is 0.342 e. The number of hydrogen-bond acceptors (Lipinski definition) is 8. The zero-order chi connectivity index (χ0) is 24.1. The molecule has 2 aliphatic heterocycles. The van der Waals surface area contributed by atoms with E-state index in [0.29, 0.717) is 32.0 Å². The summed E-state index contributed by atoms with van der Waals surface area (Å²) in [6.45, 7) is 0.993. The Morgan fingerprint density at radius 2 is 1.88 bits per heavy atom. The van der Waals surface area contributed by atoms with Gasteiger partial charge in [0, 0.05) is 25.1 Å². The minimum Gasteiger partial charge on any atom is -0.496 e. The standard InChI is InChI=1S/C23H26N2O8S/c1-30-20-7-6-16(34(28,29)25-9-12-31-13-10-25)14-18(20)23(27)33-15-22(26)24-19-8-11-32-21-5-3-2-4-17(19)21/h2-7,14,19H,8-13,15H2,1H3,(H,24,26). The summed E-state index contributed by atoms with van der Waals surface area (Å²) >= 11 is 0. The molecule has 0 saturated carbocycles. The monoisotopic (exact) mass is 490 g/mol. The number of ether oxygens (including phenoxy) is 4. The lowest BCUT2D eigenvalue weighted by Gasteiger charge is -2.26. The molecule has 0 bridgehead atoms. The number of nitrogens with one attached hydrogen (secondary N) is 1. The molecule has 0 spiro atoms. The fourth-order valence-electron chi connectivity index (χ4n) is 3.88. The number of nitrogens with zero attached hydrogens (tertiary/aromatic N) is 1. The van der Waals surface area contributed by atoms with Gasteiger partial charge in [0.05, 0.1) is 37.9 Å². The Bertz CT molecular complexity index is 1160. The van der Waals surface area contributed by atoms with Crippen molar-refractivity contribution >= 4 is 21.9 Å². The van der Waals surface area contributed by atoms with E-state index in [0.717, 1.165) is 5.56 Å². The highest BCUT2D eigenvalue weighted by Gasteiger charge is 2.29. The SMILES string of the molecule is COc1ccc(S(=O)(=O)N2CCOCC2)cc1C(=O)OCC(=O)NC1CCOc2ccccc21. The third-order valence-corrected chi connectivity index (χ3v) is 7.52. The van der Waals surface area contributed by atoms with Crippen LogP contribution in [-0.4, -0.2) is 71.2 Å². The number of hydrogen-bond donors (Lipinski definition) is 1. The smallest absolute Gasteiger partial charge is 0.342 e. The highest BCUT2D eigenvalue weighted by atomic mass is 32.2. The van der Waals surface area contributed by atoms with Crippen LogP contribution in [0.3, 0.4) is 0 Å². The molecule has 4 rings (SSSR count). The van der Waals surface area contributed by atoms with Crippen LogP contribution in [0, 0.1) is 0 Å². The summed E-state index contributed by atoms with van der Waals surface area (Å²) in [5, 5.41) is 2.85. The summed E-state index contributed by atoms with van der Waals surface area (Å²) < 4.78 is 48.4. The second-order valence-electron chi connectivity index (χ2n) is 7.75. The first-order chi connectivity index (χ1) is 16.4. The van der Waals surface area contributed by atoms with Crippen molar-refractivity contribution in [3.05, 3.63) is 53.6 Å². The van der Waals surface area contributed by atoms with Crippen molar-refractivity contribution in [1.29, 1.82) is 0 Å². The van der Waals surface area contributed by atoms with Gasteiger partial charge in [-0.1, -0.05) is 18.2 Å². The highest BCUT2D eigenvalue weighted by Crippen LogP contribution is 2.31. The number of para-hydroxylation sites is 1. The van der Waals surface area contributed by atoms with E-state index < -0.39 is 28.5 Å². The summed E-state index contributed by atoms with van der Waals surface area (Å²) in [5.74, 6) is -0.492. The Morgan fingerprint density at radius 1 is 1.12 bits per heavy atom. The fraction of sp³-hybridized carbons (Fsp3) is 0.391. The predicted molar refractivity (Wildman–Crippen MR) is 120 cm³/mol. The van der Waals surface area contributed by atoms with E-state index in [2.05, 4.69) is 5.32 Å². The molecule has 1 amide bonds. The van der Waals surface area contributed by atoms with E-state index in [1.165, 1.54) is 29.6 Å². The molecule has 34 heavy (non-hydrogen) atoms. The highest BCUT2D eigenvalue weighted by molar-refractivity contribution is 7.89. The van der Waals surface area contributed by atoms with Crippen LogP contribution >= 0.6 is 0 Å². The van der Waals surface area contributed by atoms with Crippen molar-refractivity contribution in [2.45, 2.75) is 17.4 Å². The Labute approximate surface area is 197 Å². The van der Waals surface area contributed by atoms with Gasteiger partial charge in [-0.15, -0.1) is 0 Å². The average Bonchev–Trinajstić information content (AvgIpc) is 2.87. The molecule has 182 valence electrons. The van der Waals surface area contributed by atoms with E-state index in [1.54, 1.807) is 0 Å². The number of esters is 1. The molecular weight excluding hydrogens is 464 g/mol. The largest absolute Gasteiger partial charge is 0.496 e. The molecular formula is C23H26N2O8S. The summed E-state index contributed by atoms with van der Waals surface area (Å²) in [7, 11) is -2.46. The molecule has 1 fully saturated rings. The summed E-state index contributed by atoms with van der Waals surface area (Å²) in [5.41, 5.74) is 0.775. The minimum atomic E-state index is -3.82. The van der Waals surface area contributed by atoms with Crippen LogP contribution in [0.1, 0.15) is 28.4 Å². The van der Waals surface area contributed by atoms with Gasteiger partial charge in [0.15, 0.2) is 6.61 Å². The van der Waals surface area contributed by atoms with Gasteiger partial charge in [-0.05, 0) is 24.3 Å². The Kier molecular flexibility index (Phi) is 7.35. The average molecular weight is 491 g/mol. The number of amides is 1. The van der Waals surface area contributed by atoms with Crippen molar-refractivity contribution in [1.82, 2.24) is 9.62 Å². The number of methoxy groups -OCH3 is 1. The Hall–Kier alpha value is -3.15. The number of carbonyl (C=O) groups is 2. The molecule has 1 N–H and O–H groups in total. The van der Waals surface area contributed by atoms with Gasteiger partial charge in [0.25, 0.3) is 5.91 Å². The molecule has 2 aliphatic rings. The zero-order valence-corrected chi connectivity index (χ0v) is 19.5. The number of carbonyl (C=O) groups excluding carboxylic acids is 2. The molecule has 1 atom stereocenters. The van der Waals surface area contributed by atoms with Gasteiger partial charge in [0.2, 0.25) is 10.0 Å². The van der Waals surface area contributed by atoms with Crippen LogP contribution in [0.4, 0.5) is 0 Å². The first-order valence-electron chi connectivity index (χ1n) is 10.8. The number of morpholine rings is 1. The summed E-state index contributed by atoms with van der Waals surface area (Å²) in [6.07, 6.45) is 0.589. The van der Waals surface area contributed by atoms with Crippen molar-refractivity contribution in [3.8, 4) is 11.5 Å². The lowest BCUT2D eigenvalue weighted by molar-refractivity contribution is -0.125. The number of rotatable bonds is 7. The van der Waals surface area contributed by atoms with Crippen molar-refractivity contribution in [2.24, 2.45) is 0 Å². The third kappa shape index (κ3) is 5.16. The molecule has 0 aliphatic carbocycles. The minimum absolute atomic E-state index is 0.0644.